The van der Waals surface area contributed by atoms with E-state index in [1.807, 2.05) is 24.8 Å². The Morgan fingerprint density at radius 1 is 0.976 bits per heavy atom. The molecule has 4 rings (SSSR count). The van der Waals surface area contributed by atoms with E-state index in [4.69, 9.17) is 18.9 Å². The summed E-state index contributed by atoms with van der Waals surface area (Å²) < 4.78 is 21.7. The normalized spacial score (nSPS) is 19.3. The summed E-state index contributed by atoms with van der Waals surface area (Å²) in [4.78, 5) is 45.8. The molecule has 0 saturated carbocycles. The van der Waals surface area contributed by atoms with Gasteiger partial charge in [-0.3, -0.25) is 14.6 Å². The van der Waals surface area contributed by atoms with Crippen LogP contribution in [0.1, 0.15) is 42.7 Å². The summed E-state index contributed by atoms with van der Waals surface area (Å²) in [7, 11) is 4.66. The smallest absolute Gasteiger partial charge is 0.338 e. The summed E-state index contributed by atoms with van der Waals surface area (Å²) in [6.07, 6.45) is 0. The van der Waals surface area contributed by atoms with Crippen LogP contribution < -0.4 is 19.5 Å². The van der Waals surface area contributed by atoms with E-state index in [9.17, 15) is 14.4 Å². The number of nitrogens with one attached hydrogen (secondary N) is 1. The quantitative estimate of drug-likeness (QED) is 0.426. The van der Waals surface area contributed by atoms with Crippen LogP contribution in [0.3, 0.4) is 0 Å². The number of rotatable bonds is 10. The molecule has 0 spiro atoms. The number of amides is 3. The average molecular weight is 581 g/mol. The molecule has 2 aromatic carbocycles. The Kier molecular flexibility index (Phi) is 9.95. The second kappa shape index (κ2) is 13.6. The highest BCUT2D eigenvalue weighted by Gasteiger charge is 2.39. The Bertz CT molecular complexity index is 1340. The minimum atomic E-state index is -0.748. The third-order valence-electron chi connectivity index (χ3n) is 7.65. The van der Waals surface area contributed by atoms with Crippen LogP contribution in [0.15, 0.2) is 53.7 Å². The first kappa shape index (κ1) is 30.7. The average Bonchev–Trinajstić information content (AvgIpc) is 3.00. The zero-order chi connectivity index (χ0) is 30.4. The van der Waals surface area contributed by atoms with E-state index in [1.54, 1.807) is 62.4 Å². The molecule has 2 aromatic rings. The molecule has 226 valence electrons. The number of likely N-dealkylation sites (N-methyl/N-ethyl adjacent to an activating group) is 1. The number of ether oxygens (including phenoxy) is 4. The molecule has 2 aliphatic rings. The molecule has 11 nitrogen and oxygen atoms in total. The number of esters is 1. The number of methoxy groups -OCH3 is 3. The van der Waals surface area contributed by atoms with Crippen LogP contribution in [-0.4, -0.2) is 99.3 Å². The molecule has 11 heteroatoms. The summed E-state index contributed by atoms with van der Waals surface area (Å²) >= 11 is 0. The Balaban J connectivity index is 1.65. The molecule has 1 saturated heterocycles. The third-order valence-corrected chi connectivity index (χ3v) is 7.65. The molecule has 3 amide bonds. The lowest BCUT2D eigenvalue weighted by Crippen LogP contribution is -2.56. The van der Waals surface area contributed by atoms with Crippen LogP contribution in [0, 0.1) is 0 Å². The maximum Gasteiger partial charge on any atom is 0.338 e. The number of carbonyl (C=O) groups is 3. The molecule has 42 heavy (non-hydrogen) atoms. The topological polar surface area (TPSA) is 110 Å². The molecule has 2 unspecified atom stereocenters. The Labute approximate surface area is 246 Å². The molecule has 0 radical (unpaired) electrons. The van der Waals surface area contributed by atoms with Gasteiger partial charge in [0.15, 0.2) is 11.5 Å². The summed E-state index contributed by atoms with van der Waals surface area (Å²) in [6.45, 7) is 8.15. The van der Waals surface area contributed by atoms with Crippen molar-refractivity contribution in [2.24, 2.45) is 0 Å². The van der Waals surface area contributed by atoms with Gasteiger partial charge in [0.05, 0.1) is 39.6 Å². The fraction of sp³-hybridized carbons (Fsp3) is 0.452. The van der Waals surface area contributed by atoms with E-state index in [0.29, 0.717) is 72.4 Å². The standard InChI is InChI=1S/C31H40N4O7/c1-7-34-24(19-33-14-15-35(20(3)18-33)29(36)22-10-9-11-23(16-22)39-4)27(30(37)42-8-2)28(32-31(34)38)21-12-13-25(40-5)26(17-21)41-6/h9-13,16-17,20,28H,7-8,14-15,18-19H2,1-6H3,(H,32,38). The van der Waals surface area contributed by atoms with Crippen molar-refractivity contribution in [3.63, 3.8) is 0 Å². The van der Waals surface area contributed by atoms with E-state index >= 15 is 0 Å². The van der Waals surface area contributed by atoms with Crippen molar-refractivity contribution in [3.05, 3.63) is 64.9 Å². The number of urea groups is 1. The highest BCUT2D eigenvalue weighted by molar-refractivity contribution is 5.96. The van der Waals surface area contributed by atoms with Crippen LogP contribution in [0.4, 0.5) is 4.79 Å². The van der Waals surface area contributed by atoms with Gasteiger partial charge in [0, 0.05) is 50.0 Å². The van der Waals surface area contributed by atoms with Gasteiger partial charge in [-0.15, -0.1) is 0 Å². The maximum absolute atomic E-state index is 13.5. The first-order chi connectivity index (χ1) is 20.3. The number of carbonyl (C=O) groups excluding carboxylic acids is 3. The molecular weight excluding hydrogens is 540 g/mol. The van der Waals surface area contributed by atoms with Gasteiger partial charge in [0.1, 0.15) is 5.75 Å². The van der Waals surface area contributed by atoms with Gasteiger partial charge in [-0.1, -0.05) is 12.1 Å². The SMILES string of the molecule is CCOC(=O)C1=C(CN2CCN(C(=O)c3cccc(OC)c3)C(C)C2)N(CC)C(=O)NC1c1ccc(OC)c(OC)c1. The van der Waals surface area contributed by atoms with Gasteiger partial charge in [-0.05, 0) is 56.7 Å². The number of hydrogen-bond donors (Lipinski definition) is 1. The van der Waals surface area contributed by atoms with E-state index in [2.05, 4.69) is 10.2 Å². The molecule has 0 aromatic heterocycles. The second-order valence-electron chi connectivity index (χ2n) is 10.1. The molecular formula is C31H40N4O7. The lowest BCUT2D eigenvalue weighted by molar-refractivity contribution is -0.139. The van der Waals surface area contributed by atoms with Crippen molar-refractivity contribution in [1.29, 1.82) is 0 Å². The van der Waals surface area contributed by atoms with Gasteiger partial charge in [-0.25, -0.2) is 9.59 Å². The predicted octanol–water partition coefficient (Wildman–Crippen LogP) is 3.46. The van der Waals surface area contributed by atoms with Crippen molar-refractivity contribution in [1.82, 2.24) is 20.0 Å². The number of benzene rings is 2. The van der Waals surface area contributed by atoms with Crippen molar-refractivity contribution in [3.8, 4) is 17.2 Å². The molecule has 2 atom stereocenters. The number of hydrogen-bond acceptors (Lipinski definition) is 8. The molecule has 0 aliphatic carbocycles. The van der Waals surface area contributed by atoms with Crippen LogP contribution >= 0.6 is 0 Å². The Morgan fingerprint density at radius 2 is 1.74 bits per heavy atom. The van der Waals surface area contributed by atoms with Crippen LogP contribution in [0.25, 0.3) is 0 Å². The summed E-state index contributed by atoms with van der Waals surface area (Å²) in [5.74, 6) is 1.09. The monoisotopic (exact) mass is 580 g/mol. The summed E-state index contributed by atoms with van der Waals surface area (Å²) in [6, 6.07) is 11.3. The Morgan fingerprint density at radius 3 is 2.38 bits per heavy atom. The van der Waals surface area contributed by atoms with Crippen molar-refractivity contribution in [2.75, 3.05) is 60.7 Å². The molecule has 2 heterocycles. The zero-order valence-electron chi connectivity index (χ0n) is 25.1. The first-order valence-corrected chi connectivity index (χ1v) is 14.1. The van der Waals surface area contributed by atoms with E-state index < -0.39 is 12.0 Å². The van der Waals surface area contributed by atoms with Crippen molar-refractivity contribution in [2.45, 2.75) is 32.9 Å². The van der Waals surface area contributed by atoms with Gasteiger partial charge in [-0.2, -0.15) is 0 Å². The molecule has 2 aliphatic heterocycles. The van der Waals surface area contributed by atoms with Gasteiger partial charge >= 0.3 is 12.0 Å². The second-order valence-corrected chi connectivity index (χ2v) is 10.1. The lowest BCUT2D eigenvalue weighted by Gasteiger charge is -2.43. The minimum absolute atomic E-state index is 0.0618. The van der Waals surface area contributed by atoms with Crippen molar-refractivity contribution < 1.29 is 33.3 Å². The summed E-state index contributed by atoms with van der Waals surface area (Å²) in [5, 5.41) is 2.99. The van der Waals surface area contributed by atoms with Crippen LogP contribution in [0.5, 0.6) is 17.2 Å². The molecule has 1 fully saturated rings. The van der Waals surface area contributed by atoms with E-state index in [-0.39, 0.29) is 24.6 Å². The predicted molar refractivity (Wildman–Crippen MR) is 157 cm³/mol. The first-order valence-electron chi connectivity index (χ1n) is 14.1. The Hall–Kier alpha value is -4.25. The van der Waals surface area contributed by atoms with E-state index in [1.165, 1.54) is 7.11 Å². The maximum atomic E-state index is 13.5. The molecule has 1 N–H and O–H groups in total. The fourth-order valence-corrected chi connectivity index (χ4v) is 5.55. The zero-order valence-corrected chi connectivity index (χ0v) is 25.1. The van der Waals surface area contributed by atoms with Gasteiger partial charge < -0.3 is 29.2 Å². The van der Waals surface area contributed by atoms with Gasteiger partial charge in [0.25, 0.3) is 5.91 Å². The minimum Gasteiger partial charge on any atom is -0.497 e. The lowest BCUT2D eigenvalue weighted by atomic mass is 9.93. The third kappa shape index (κ3) is 6.30. The highest BCUT2D eigenvalue weighted by Crippen LogP contribution is 2.36. The van der Waals surface area contributed by atoms with Crippen LogP contribution in [0.2, 0.25) is 0 Å². The fourth-order valence-electron chi connectivity index (χ4n) is 5.55. The molecule has 0 bridgehead atoms. The number of nitrogens with zero attached hydrogens (tertiary/aromatic N) is 3. The van der Waals surface area contributed by atoms with Crippen molar-refractivity contribution >= 4 is 17.9 Å². The van der Waals surface area contributed by atoms with Gasteiger partial charge in [0.2, 0.25) is 0 Å². The summed E-state index contributed by atoms with van der Waals surface area (Å²) in [5.41, 5.74) is 2.19. The largest absolute Gasteiger partial charge is 0.497 e. The number of piperazine rings is 1. The van der Waals surface area contributed by atoms with Crippen LogP contribution in [-0.2, 0) is 9.53 Å². The highest BCUT2D eigenvalue weighted by atomic mass is 16.5. The van der Waals surface area contributed by atoms with E-state index in [0.717, 1.165) is 0 Å².